The molecule has 1 atom stereocenters. The lowest BCUT2D eigenvalue weighted by Gasteiger charge is -2.32. The SMILES string of the molecule is COc1ccc(S(=O)(=O)N(CC(=O)N(Cc2ccc(Cl)c(Cl)c2)[C@@H](C)C(=O)NC(C)C)c2ccc(F)cc2)cc1OC. The van der Waals surface area contributed by atoms with Crippen molar-refractivity contribution in [3.8, 4) is 11.5 Å². The highest BCUT2D eigenvalue weighted by Crippen LogP contribution is 2.32. The number of nitrogens with zero attached hydrogens (tertiary/aromatic N) is 2. The van der Waals surface area contributed by atoms with Gasteiger partial charge in [-0.3, -0.25) is 13.9 Å². The first-order chi connectivity index (χ1) is 19.8. The highest BCUT2D eigenvalue weighted by molar-refractivity contribution is 7.92. The molecule has 0 saturated carbocycles. The zero-order valence-corrected chi connectivity index (χ0v) is 26.1. The average Bonchev–Trinajstić information content (AvgIpc) is 2.95. The third-order valence-corrected chi connectivity index (χ3v) is 8.78. The van der Waals surface area contributed by atoms with Crippen molar-refractivity contribution in [1.29, 1.82) is 0 Å². The van der Waals surface area contributed by atoms with E-state index < -0.39 is 40.2 Å². The van der Waals surface area contributed by atoms with E-state index in [0.717, 1.165) is 16.4 Å². The molecule has 42 heavy (non-hydrogen) atoms. The Bertz CT molecular complexity index is 1540. The van der Waals surface area contributed by atoms with Gasteiger partial charge in [-0.1, -0.05) is 29.3 Å². The van der Waals surface area contributed by atoms with E-state index in [0.29, 0.717) is 16.3 Å². The maximum atomic E-state index is 14.0. The number of ether oxygens (including phenoxy) is 2. The Morgan fingerprint density at radius 2 is 1.55 bits per heavy atom. The van der Waals surface area contributed by atoms with E-state index in [2.05, 4.69) is 5.32 Å². The van der Waals surface area contributed by atoms with Crippen molar-refractivity contribution in [2.24, 2.45) is 0 Å². The van der Waals surface area contributed by atoms with Crippen LogP contribution in [-0.4, -0.2) is 58.0 Å². The molecule has 0 unspecified atom stereocenters. The molecule has 3 rings (SSSR count). The summed E-state index contributed by atoms with van der Waals surface area (Å²) in [7, 11) is -1.64. The maximum absolute atomic E-state index is 14.0. The van der Waals surface area contributed by atoms with Gasteiger partial charge < -0.3 is 19.7 Å². The van der Waals surface area contributed by atoms with Gasteiger partial charge in [0.15, 0.2) is 11.5 Å². The molecule has 0 heterocycles. The van der Waals surface area contributed by atoms with Crippen LogP contribution in [0.25, 0.3) is 0 Å². The van der Waals surface area contributed by atoms with Crippen LogP contribution in [0.2, 0.25) is 10.0 Å². The summed E-state index contributed by atoms with van der Waals surface area (Å²) in [5.74, 6) is -1.26. The molecule has 2 amide bonds. The molecular formula is C29H32Cl2FN3O6S. The molecule has 0 aliphatic rings. The molecule has 3 aromatic carbocycles. The van der Waals surface area contributed by atoms with E-state index in [1.807, 2.05) is 0 Å². The van der Waals surface area contributed by atoms with E-state index in [4.69, 9.17) is 32.7 Å². The summed E-state index contributed by atoms with van der Waals surface area (Å²) in [6.45, 7) is 4.32. The Morgan fingerprint density at radius 3 is 2.12 bits per heavy atom. The van der Waals surface area contributed by atoms with E-state index in [1.165, 1.54) is 56.4 Å². The van der Waals surface area contributed by atoms with Crippen molar-refractivity contribution in [1.82, 2.24) is 10.2 Å². The molecule has 0 bridgehead atoms. The summed E-state index contributed by atoms with van der Waals surface area (Å²) in [5, 5.41) is 3.34. The number of carbonyl (C=O) groups excluding carboxylic acids is 2. The summed E-state index contributed by atoms with van der Waals surface area (Å²) >= 11 is 12.2. The van der Waals surface area contributed by atoms with Gasteiger partial charge in [0.05, 0.1) is 34.8 Å². The monoisotopic (exact) mass is 639 g/mol. The summed E-state index contributed by atoms with van der Waals surface area (Å²) < 4.78 is 53.1. The number of sulfonamides is 1. The molecule has 3 aromatic rings. The zero-order valence-electron chi connectivity index (χ0n) is 23.7. The molecule has 0 saturated heterocycles. The Hall–Kier alpha value is -3.54. The maximum Gasteiger partial charge on any atom is 0.264 e. The van der Waals surface area contributed by atoms with Crippen LogP contribution in [-0.2, 0) is 26.2 Å². The van der Waals surface area contributed by atoms with E-state index in [1.54, 1.807) is 32.0 Å². The fraction of sp³-hybridized carbons (Fsp3) is 0.310. The second-order valence-corrected chi connectivity index (χ2v) is 12.3. The Labute approximate surface area is 255 Å². The predicted octanol–water partition coefficient (Wildman–Crippen LogP) is 5.29. The van der Waals surface area contributed by atoms with Crippen molar-refractivity contribution in [2.75, 3.05) is 25.1 Å². The fourth-order valence-electron chi connectivity index (χ4n) is 4.06. The molecule has 0 aliphatic carbocycles. The lowest BCUT2D eigenvalue weighted by Crippen LogP contribution is -2.52. The third-order valence-electron chi connectivity index (χ3n) is 6.27. The number of halogens is 3. The number of methoxy groups -OCH3 is 2. The molecule has 13 heteroatoms. The summed E-state index contributed by atoms with van der Waals surface area (Å²) in [4.78, 5) is 28.0. The topological polar surface area (TPSA) is 105 Å². The number of hydrogen-bond donors (Lipinski definition) is 1. The smallest absolute Gasteiger partial charge is 0.264 e. The van der Waals surface area contributed by atoms with E-state index in [9.17, 15) is 22.4 Å². The van der Waals surface area contributed by atoms with Gasteiger partial charge in [0.1, 0.15) is 18.4 Å². The Balaban J connectivity index is 2.08. The van der Waals surface area contributed by atoms with Crippen LogP contribution in [0.4, 0.5) is 10.1 Å². The van der Waals surface area contributed by atoms with Crippen molar-refractivity contribution in [3.63, 3.8) is 0 Å². The van der Waals surface area contributed by atoms with Crippen LogP contribution in [0.3, 0.4) is 0 Å². The normalized spacial score (nSPS) is 12.0. The number of amides is 2. The van der Waals surface area contributed by atoms with Gasteiger partial charge in [0.25, 0.3) is 10.0 Å². The number of anilines is 1. The highest BCUT2D eigenvalue weighted by atomic mass is 35.5. The number of carbonyl (C=O) groups is 2. The first-order valence-corrected chi connectivity index (χ1v) is 15.0. The second-order valence-electron chi connectivity index (χ2n) is 9.61. The van der Waals surface area contributed by atoms with Gasteiger partial charge in [-0.2, -0.15) is 0 Å². The lowest BCUT2D eigenvalue weighted by atomic mass is 10.1. The number of rotatable bonds is 12. The van der Waals surface area contributed by atoms with E-state index >= 15 is 0 Å². The quantitative estimate of drug-likeness (QED) is 0.289. The molecule has 1 N–H and O–H groups in total. The molecule has 0 aromatic heterocycles. The van der Waals surface area contributed by atoms with Gasteiger partial charge in [-0.05, 0) is 74.9 Å². The molecular weight excluding hydrogens is 608 g/mol. The summed E-state index contributed by atoms with van der Waals surface area (Å²) in [6.07, 6.45) is 0. The molecule has 226 valence electrons. The summed E-state index contributed by atoms with van der Waals surface area (Å²) in [6, 6.07) is 12.2. The molecule has 0 spiro atoms. The van der Waals surface area contributed by atoms with Gasteiger partial charge in [-0.15, -0.1) is 0 Å². The Morgan fingerprint density at radius 1 is 0.905 bits per heavy atom. The van der Waals surface area contributed by atoms with Crippen LogP contribution in [0, 0.1) is 5.82 Å². The first-order valence-electron chi connectivity index (χ1n) is 12.8. The highest BCUT2D eigenvalue weighted by Gasteiger charge is 2.33. The molecule has 0 radical (unpaired) electrons. The van der Waals surface area contributed by atoms with Crippen molar-refractivity contribution in [3.05, 3.63) is 82.1 Å². The molecule has 0 aliphatic heterocycles. The lowest BCUT2D eigenvalue weighted by molar-refractivity contribution is -0.139. The largest absolute Gasteiger partial charge is 0.493 e. The van der Waals surface area contributed by atoms with Crippen LogP contribution < -0.4 is 19.1 Å². The number of hydrogen-bond acceptors (Lipinski definition) is 6. The fourth-order valence-corrected chi connectivity index (χ4v) is 5.81. The minimum absolute atomic E-state index is 0.0355. The van der Waals surface area contributed by atoms with Crippen molar-refractivity contribution >= 4 is 50.7 Å². The average molecular weight is 641 g/mol. The van der Waals surface area contributed by atoms with Crippen LogP contribution in [0.1, 0.15) is 26.3 Å². The molecule has 9 nitrogen and oxygen atoms in total. The number of benzene rings is 3. The molecule has 0 fully saturated rings. The first kappa shape index (κ1) is 33.0. The predicted molar refractivity (Wildman–Crippen MR) is 160 cm³/mol. The van der Waals surface area contributed by atoms with Gasteiger partial charge >= 0.3 is 0 Å². The third kappa shape index (κ3) is 7.84. The minimum atomic E-state index is -4.41. The van der Waals surface area contributed by atoms with Crippen LogP contribution >= 0.6 is 23.2 Å². The van der Waals surface area contributed by atoms with E-state index in [-0.39, 0.29) is 33.9 Å². The van der Waals surface area contributed by atoms with Crippen LogP contribution in [0.15, 0.2) is 65.6 Å². The summed E-state index contributed by atoms with van der Waals surface area (Å²) in [5.41, 5.74) is 0.603. The van der Waals surface area contributed by atoms with Gasteiger partial charge in [0, 0.05) is 18.7 Å². The van der Waals surface area contributed by atoms with Crippen molar-refractivity contribution < 1.29 is 31.9 Å². The number of nitrogens with one attached hydrogen (secondary N) is 1. The standard InChI is InChI=1S/C29H32Cl2FN3O6S/c1-18(2)33-29(37)19(3)34(16-20-6-12-24(30)25(31)14-20)28(36)17-35(22-9-7-21(32)8-10-22)42(38,39)23-11-13-26(40-4)27(15-23)41-5/h6-15,18-19H,16-17H2,1-5H3,(H,33,37)/t19-/m0/s1. The second kappa shape index (κ2) is 14.1. The minimum Gasteiger partial charge on any atom is -0.493 e. The zero-order chi connectivity index (χ0) is 31.2. The van der Waals surface area contributed by atoms with Gasteiger partial charge in [-0.25, -0.2) is 12.8 Å². The van der Waals surface area contributed by atoms with Gasteiger partial charge in [0.2, 0.25) is 11.8 Å². The van der Waals surface area contributed by atoms with Crippen LogP contribution in [0.5, 0.6) is 11.5 Å². The Kier molecular flexibility index (Phi) is 11.1. The van der Waals surface area contributed by atoms with Crippen molar-refractivity contribution in [2.45, 2.75) is 44.3 Å².